The van der Waals surface area contributed by atoms with Gasteiger partial charge in [-0.2, -0.15) is 0 Å². The van der Waals surface area contributed by atoms with Crippen molar-refractivity contribution in [2.24, 2.45) is 0 Å². The van der Waals surface area contributed by atoms with E-state index >= 15 is 0 Å². The molecule has 5 N–H and O–H groups in total. The second-order valence-electron chi connectivity index (χ2n) is 13.6. The van der Waals surface area contributed by atoms with Crippen LogP contribution in [0.25, 0.3) is 0 Å². The van der Waals surface area contributed by atoms with Crippen LogP contribution in [-0.4, -0.2) is 98.4 Å². The fourth-order valence-corrected chi connectivity index (χ4v) is 6.69. The molecule has 15 nitrogen and oxygen atoms in total. The molecule has 2 aliphatic rings. The van der Waals surface area contributed by atoms with Gasteiger partial charge in [0.1, 0.15) is 42.2 Å². The molecule has 0 radical (unpaired) electrons. The number of nitrogens with one attached hydrogen (secondary N) is 4. The highest BCUT2D eigenvalue weighted by molar-refractivity contribution is 5.96. The standard InChI is InChI=1S/C39H44N8O7/c1-24(40-2)35(48)42-32(18-26-12-7-4-8-13-26)38(51)46-22-29-20-34(46)37(50)41-31(17-25-10-5-3-6-11-25)36(49)43-33(39(52)53)19-27-14-9-15-30(16-27)54-23-28-21-47(29)45-44-28/h3-16,21,24,29,31-34,40H,17-20,22-23H2,1-2H3,(H,41,50)(H,42,48)(H,43,49)(H,52,53)/t24-,29-,31-,32-,33-,34-/m0/s1. The van der Waals surface area contributed by atoms with E-state index in [1.165, 1.54) is 4.90 Å². The summed E-state index contributed by atoms with van der Waals surface area (Å²) in [5.41, 5.74) is 2.65. The first kappa shape index (κ1) is 37.7. The van der Waals surface area contributed by atoms with E-state index in [1.807, 2.05) is 36.4 Å². The molecule has 0 spiro atoms. The van der Waals surface area contributed by atoms with Gasteiger partial charge in [-0.25, -0.2) is 9.48 Å². The maximum Gasteiger partial charge on any atom is 0.326 e. The van der Waals surface area contributed by atoms with E-state index in [0.29, 0.717) is 17.0 Å². The first-order chi connectivity index (χ1) is 26.1. The number of carbonyl (C=O) groups excluding carboxylic acids is 4. The van der Waals surface area contributed by atoms with Gasteiger partial charge in [0.2, 0.25) is 23.6 Å². The lowest BCUT2D eigenvalue weighted by Gasteiger charge is -2.30. The maximum absolute atomic E-state index is 14.6. The molecule has 3 aromatic carbocycles. The van der Waals surface area contributed by atoms with E-state index in [1.54, 1.807) is 73.4 Å². The Kier molecular flexibility index (Phi) is 12.0. The Hall–Kier alpha value is -6.09. The molecule has 0 aliphatic carbocycles. The van der Waals surface area contributed by atoms with Crippen LogP contribution in [0.4, 0.5) is 0 Å². The predicted octanol–water partition coefficient (Wildman–Crippen LogP) is 1.19. The van der Waals surface area contributed by atoms with Gasteiger partial charge in [0.05, 0.1) is 18.3 Å². The fourth-order valence-electron chi connectivity index (χ4n) is 6.69. The van der Waals surface area contributed by atoms with Crippen LogP contribution in [0.2, 0.25) is 0 Å². The molecule has 4 amide bonds. The number of ether oxygens (including phenoxy) is 1. The topological polar surface area (TPSA) is 197 Å². The molecule has 0 unspecified atom stereocenters. The number of hydrogen-bond donors (Lipinski definition) is 5. The Morgan fingerprint density at radius 2 is 1.69 bits per heavy atom. The van der Waals surface area contributed by atoms with Gasteiger partial charge in [0.15, 0.2) is 0 Å². The highest BCUT2D eigenvalue weighted by Crippen LogP contribution is 2.29. The summed E-state index contributed by atoms with van der Waals surface area (Å²) in [6, 6.07) is 19.5. The van der Waals surface area contributed by atoms with Crippen molar-refractivity contribution in [3.05, 3.63) is 114 Å². The Bertz CT molecular complexity index is 1960. The van der Waals surface area contributed by atoms with Crippen molar-refractivity contribution in [1.82, 2.24) is 41.2 Å². The summed E-state index contributed by atoms with van der Waals surface area (Å²) in [4.78, 5) is 70.0. The Balaban J connectivity index is 1.37. The minimum Gasteiger partial charge on any atom is -0.487 e. The summed E-state index contributed by atoms with van der Waals surface area (Å²) in [6.45, 7) is 1.79. The van der Waals surface area contributed by atoms with Crippen LogP contribution >= 0.6 is 0 Å². The molecule has 54 heavy (non-hydrogen) atoms. The first-order valence-electron chi connectivity index (χ1n) is 17.9. The second kappa shape index (κ2) is 17.2. The molecule has 1 fully saturated rings. The van der Waals surface area contributed by atoms with Gasteiger partial charge in [-0.3, -0.25) is 19.2 Å². The van der Waals surface area contributed by atoms with Gasteiger partial charge in [0, 0.05) is 32.2 Å². The number of nitrogens with zero attached hydrogens (tertiary/aromatic N) is 4. The fraction of sp³-hybridized carbons (Fsp3) is 0.359. The van der Waals surface area contributed by atoms with Gasteiger partial charge in [0.25, 0.3) is 0 Å². The predicted molar refractivity (Wildman–Crippen MR) is 196 cm³/mol. The second-order valence-corrected chi connectivity index (χ2v) is 13.6. The lowest BCUT2D eigenvalue weighted by atomic mass is 10.0. The smallest absolute Gasteiger partial charge is 0.326 e. The van der Waals surface area contributed by atoms with Gasteiger partial charge < -0.3 is 36.0 Å². The van der Waals surface area contributed by atoms with Gasteiger partial charge in [-0.05, 0) is 42.8 Å². The van der Waals surface area contributed by atoms with Crippen molar-refractivity contribution in [1.29, 1.82) is 0 Å². The monoisotopic (exact) mass is 736 g/mol. The molecule has 6 bridgehead atoms. The number of aliphatic carboxylic acids is 1. The maximum atomic E-state index is 14.6. The van der Waals surface area contributed by atoms with Crippen LogP contribution in [0.3, 0.4) is 0 Å². The number of aromatic nitrogens is 3. The van der Waals surface area contributed by atoms with Crippen LogP contribution in [0, 0.1) is 0 Å². The van der Waals surface area contributed by atoms with Crippen molar-refractivity contribution in [2.75, 3.05) is 13.6 Å². The quantitative estimate of drug-likeness (QED) is 0.167. The minimum atomic E-state index is -1.32. The van der Waals surface area contributed by atoms with Gasteiger partial charge >= 0.3 is 5.97 Å². The lowest BCUT2D eigenvalue weighted by Crippen LogP contribution is -2.58. The third-order valence-corrected chi connectivity index (χ3v) is 9.78. The summed E-state index contributed by atoms with van der Waals surface area (Å²) < 4.78 is 7.58. The molecule has 6 rings (SSSR count). The third-order valence-electron chi connectivity index (χ3n) is 9.78. The highest BCUT2D eigenvalue weighted by atomic mass is 16.5. The molecule has 2 aliphatic heterocycles. The van der Waals surface area contributed by atoms with Crippen molar-refractivity contribution in [3.8, 4) is 5.75 Å². The molecule has 1 saturated heterocycles. The average molecular weight is 737 g/mol. The Morgan fingerprint density at radius 1 is 0.963 bits per heavy atom. The minimum absolute atomic E-state index is 0.0479. The number of hydrogen-bond acceptors (Lipinski definition) is 9. The number of amides is 4. The summed E-state index contributed by atoms with van der Waals surface area (Å²) in [7, 11) is 1.64. The van der Waals surface area contributed by atoms with E-state index in [0.717, 1.165) is 11.1 Å². The van der Waals surface area contributed by atoms with Crippen LogP contribution in [-0.2, 0) is 49.8 Å². The van der Waals surface area contributed by atoms with Crippen molar-refractivity contribution < 1.29 is 33.8 Å². The molecule has 3 heterocycles. The summed E-state index contributed by atoms with van der Waals surface area (Å²) >= 11 is 0. The normalized spacial score (nSPS) is 21.3. The van der Waals surface area contributed by atoms with E-state index < -0.39 is 59.9 Å². The number of benzene rings is 3. The van der Waals surface area contributed by atoms with Crippen molar-refractivity contribution in [2.45, 2.75) is 75.5 Å². The third kappa shape index (κ3) is 9.28. The lowest BCUT2D eigenvalue weighted by molar-refractivity contribution is -0.143. The van der Waals surface area contributed by atoms with Crippen molar-refractivity contribution in [3.63, 3.8) is 0 Å². The number of likely N-dealkylation sites (N-methyl/N-ethyl adjacent to an activating group) is 1. The SMILES string of the molecule is CN[C@@H](C)C(=O)N[C@@H](Cc1ccccc1)C(=O)N1C[C@@H]2C[C@H]1C(=O)N[C@@H](Cc1ccccc1)C(=O)N[C@H](C(=O)O)Cc1cccc(c1)OCc1cn2nn1. The number of carbonyl (C=O) groups is 5. The van der Waals surface area contributed by atoms with E-state index in [4.69, 9.17) is 4.74 Å². The van der Waals surface area contributed by atoms with Crippen LogP contribution in [0.5, 0.6) is 5.75 Å². The Morgan fingerprint density at radius 3 is 2.39 bits per heavy atom. The zero-order valence-electron chi connectivity index (χ0n) is 30.1. The number of carboxylic acid groups (broad SMARTS) is 1. The molecular weight excluding hydrogens is 692 g/mol. The molecule has 4 aromatic rings. The summed E-state index contributed by atoms with van der Waals surface area (Å²) in [6.07, 6.45) is 2.00. The number of fused-ring (bicyclic) bond motifs is 7. The molecule has 282 valence electrons. The largest absolute Gasteiger partial charge is 0.487 e. The molecule has 0 saturated carbocycles. The van der Waals surface area contributed by atoms with E-state index in [2.05, 4.69) is 31.6 Å². The molecule has 15 heteroatoms. The average Bonchev–Trinajstić information content (AvgIpc) is 3.84. The molecule has 1 aromatic heterocycles. The number of carboxylic acids is 1. The zero-order valence-corrected chi connectivity index (χ0v) is 30.1. The highest BCUT2D eigenvalue weighted by Gasteiger charge is 2.44. The summed E-state index contributed by atoms with van der Waals surface area (Å²) in [5, 5.41) is 30.0. The van der Waals surface area contributed by atoms with E-state index in [9.17, 15) is 29.1 Å². The molecule has 6 atom stereocenters. The van der Waals surface area contributed by atoms with Crippen LogP contribution in [0.1, 0.15) is 41.8 Å². The Labute approximate surface area is 312 Å². The van der Waals surface area contributed by atoms with Gasteiger partial charge in [-0.15, -0.1) is 5.10 Å². The number of likely N-dealkylation sites (tertiary alicyclic amines) is 1. The zero-order chi connectivity index (χ0) is 38.2. The van der Waals surface area contributed by atoms with Crippen molar-refractivity contribution >= 4 is 29.6 Å². The number of rotatable bonds is 9. The van der Waals surface area contributed by atoms with Gasteiger partial charge in [-0.1, -0.05) is 78.0 Å². The summed E-state index contributed by atoms with van der Waals surface area (Å²) in [5.74, 6) is -2.96. The van der Waals surface area contributed by atoms with Crippen LogP contribution < -0.4 is 26.0 Å². The van der Waals surface area contributed by atoms with E-state index in [-0.39, 0.29) is 44.7 Å². The first-order valence-corrected chi connectivity index (χ1v) is 17.9. The molecular formula is C39H44N8O7. The van der Waals surface area contributed by atoms with Crippen LogP contribution in [0.15, 0.2) is 91.1 Å².